The third-order valence-corrected chi connectivity index (χ3v) is 10.6. The average molecular weight is 726 g/mol. The number of hydrogen-bond donors (Lipinski definition) is 5. The van der Waals surface area contributed by atoms with Gasteiger partial charge in [-0.1, -0.05) is 101 Å². The van der Waals surface area contributed by atoms with Crippen molar-refractivity contribution in [2.24, 2.45) is 11.3 Å². The molecule has 1 fully saturated rings. The lowest BCUT2D eigenvalue weighted by Crippen LogP contribution is -2.59. The normalized spacial score (nSPS) is 18.6. The van der Waals surface area contributed by atoms with Crippen LogP contribution in [-0.4, -0.2) is 80.3 Å². The SMILES string of the molecule is Cc1ccnc(SC2CCNC(C(=O)NCC(O)C(NC(=O)[C@@H](NC(=O)c3ccc4ccccc4n3)C(C)C)C(c3ccccc3)C(C)(C)C)C2)n1. The lowest BCUT2D eigenvalue weighted by Gasteiger charge is -2.41. The minimum atomic E-state index is -1.16. The zero-order valence-corrected chi connectivity index (χ0v) is 31.6. The number of thioether (sulfide) groups is 1. The van der Waals surface area contributed by atoms with Crippen molar-refractivity contribution in [3.63, 3.8) is 0 Å². The molecule has 4 aromatic rings. The number of pyridine rings is 1. The van der Waals surface area contributed by atoms with Gasteiger partial charge in [-0.25, -0.2) is 15.0 Å². The summed E-state index contributed by atoms with van der Waals surface area (Å²) in [6.45, 7) is 12.4. The van der Waals surface area contributed by atoms with E-state index in [4.69, 9.17) is 0 Å². The predicted octanol–water partition coefficient (Wildman–Crippen LogP) is 4.79. The van der Waals surface area contributed by atoms with Gasteiger partial charge in [0.05, 0.1) is 23.7 Å². The third kappa shape index (κ3) is 10.1. The average Bonchev–Trinajstić information content (AvgIpc) is 3.12. The Morgan fingerprint density at radius 3 is 2.40 bits per heavy atom. The number of aromatic nitrogens is 3. The first-order valence-corrected chi connectivity index (χ1v) is 18.9. The van der Waals surface area contributed by atoms with Crippen molar-refractivity contribution >= 4 is 40.4 Å². The molecular weight excluding hydrogens is 675 g/mol. The fourth-order valence-electron chi connectivity index (χ4n) is 6.78. The lowest BCUT2D eigenvalue weighted by atomic mass is 9.70. The highest BCUT2D eigenvalue weighted by Gasteiger charge is 2.40. The highest BCUT2D eigenvalue weighted by atomic mass is 32.2. The minimum absolute atomic E-state index is 0.0834. The molecule has 5 N–H and O–H groups in total. The largest absolute Gasteiger partial charge is 0.389 e. The van der Waals surface area contributed by atoms with E-state index in [2.05, 4.69) is 57.0 Å². The lowest BCUT2D eigenvalue weighted by molar-refractivity contribution is -0.126. The van der Waals surface area contributed by atoms with Crippen molar-refractivity contribution < 1.29 is 19.5 Å². The Hall–Kier alpha value is -4.39. The number of para-hydroxylation sites is 1. The van der Waals surface area contributed by atoms with Crippen LogP contribution in [0.1, 0.15) is 75.1 Å². The standard InChI is InChI=1S/C40H51N7O4S/c1-24(2)34(46-37(50)30-17-16-26-12-10-11-15-29(26)45-30)38(51)47-35(33(40(4,5)6)27-13-8-7-9-14-27)32(48)23-43-36(49)31-22-28(19-21-41-31)52-39-42-20-18-25(3)44-39/h7-18,20,24,28,31-35,41,48H,19,21-23H2,1-6H3,(H,43,49)(H,46,50)(H,47,51)/t28?,31?,32?,33?,34-,35?/m0/s1. The predicted molar refractivity (Wildman–Crippen MR) is 205 cm³/mol. The van der Waals surface area contributed by atoms with Gasteiger partial charge < -0.3 is 26.4 Å². The summed E-state index contributed by atoms with van der Waals surface area (Å²) in [7, 11) is 0. The van der Waals surface area contributed by atoms with Gasteiger partial charge in [-0.05, 0) is 61.4 Å². The first-order valence-electron chi connectivity index (χ1n) is 18.0. The molecule has 11 nitrogen and oxygen atoms in total. The number of hydrogen-bond acceptors (Lipinski definition) is 9. The molecule has 0 bridgehead atoms. The van der Waals surface area contributed by atoms with Gasteiger partial charge in [-0.15, -0.1) is 0 Å². The van der Waals surface area contributed by atoms with Crippen LogP contribution in [0.15, 0.2) is 84.1 Å². The Bertz CT molecular complexity index is 1830. The van der Waals surface area contributed by atoms with Crippen molar-refractivity contribution in [1.82, 2.24) is 36.2 Å². The Labute approximate surface area is 310 Å². The molecule has 3 heterocycles. The van der Waals surface area contributed by atoms with Crippen LogP contribution in [-0.2, 0) is 9.59 Å². The van der Waals surface area contributed by atoms with E-state index in [1.54, 1.807) is 24.0 Å². The minimum Gasteiger partial charge on any atom is -0.389 e. The zero-order chi connectivity index (χ0) is 37.4. The molecule has 52 heavy (non-hydrogen) atoms. The van der Waals surface area contributed by atoms with Gasteiger partial charge in [-0.3, -0.25) is 14.4 Å². The Balaban J connectivity index is 1.32. The van der Waals surface area contributed by atoms with Gasteiger partial charge in [0.15, 0.2) is 5.16 Å². The van der Waals surface area contributed by atoms with E-state index in [1.165, 1.54) is 0 Å². The third-order valence-electron chi connectivity index (χ3n) is 9.44. The second kappa shape index (κ2) is 17.4. The van der Waals surface area contributed by atoms with E-state index in [9.17, 15) is 19.5 Å². The van der Waals surface area contributed by atoms with Crippen LogP contribution in [0.2, 0.25) is 0 Å². The molecule has 2 aromatic heterocycles. The maximum atomic E-state index is 14.2. The first-order chi connectivity index (χ1) is 24.8. The molecule has 1 aliphatic rings. The van der Waals surface area contributed by atoms with Gasteiger partial charge in [0, 0.05) is 35.0 Å². The Kier molecular flexibility index (Phi) is 13.0. The fraction of sp³-hybridized carbons (Fsp3) is 0.450. The number of fused-ring (bicyclic) bond motifs is 1. The maximum Gasteiger partial charge on any atom is 0.270 e. The van der Waals surface area contributed by atoms with Crippen LogP contribution in [0, 0.1) is 18.3 Å². The maximum absolute atomic E-state index is 14.2. The monoisotopic (exact) mass is 725 g/mol. The van der Waals surface area contributed by atoms with Crippen molar-refractivity contribution in [3.8, 4) is 0 Å². The molecule has 5 rings (SSSR count). The second-order valence-corrected chi connectivity index (χ2v) is 16.2. The number of aryl methyl sites for hydroxylation is 1. The summed E-state index contributed by atoms with van der Waals surface area (Å²) in [6.07, 6.45) is 2.04. The zero-order valence-electron chi connectivity index (χ0n) is 30.8. The number of benzene rings is 2. The number of aliphatic hydroxyl groups is 1. The number of carbonyl (C=O) groups is 3. The van der Waals surface area contributed by atoms with Gasteiger partial charge in [0.2, 0.25) is 11.8 Å². The van der Waals surface area contributed by atoms with E-state index in [1.807, 2.05) is 87.5 Å². The van der Waals surface area contributed by atoms with Crippen LogP contribution in [0.5, 0.6) is 0 Å². The topological polar surface area (TPSA) is 158 Å². The van der Waals surface area contributed by atoms with Crippen molar-refractivity contribution in [2.75, 3.05) is 13.1 Å². The Morgan fingerprint density at radius 2 is 1.69 bits per heavy atom. The van der Waals surface area contributed by atoms with Gasteiger partial charge >= 0.3 is 0 Å². The van der Waals surface area contributed by atoms with Crippen LogP contribution in [0.25, 0.3) is 10.9 Å². The summed E-state index contributed by atoms with van der Waals surface area (Å²) in [6, 6.07) is 20.4. The summed E-state index contributed by atoms with van der Waals surface area (Å²) in [4.78, 5) is 54.5. The number of aliphatic hydroxyl groups excluding tert-OH is 1. The smallest absolute Gasteiger partial charge is 0.270 e. The van der Waals surface area contributed by atoms with Crippen LogP contribution >= 0.6 is 11.8 Å². The van der Waals surface area contributed by atoms with Gasteiger partial charge in [0.25, 0.3) is 5.91 Å². The fourth-order valence-corrected chi connectivity index (χ4v) is 7.92. The number of amides is 3. The molecular formula is C40H51N7O4S. The molecule has 0 aliphatic carbocycles. The highest BCUT2D eigenvalue weighted by molar-refractivity contribution is 7.99. The highest BCUT2D eigenvalue weighted by Crippen LogP contribution is 2.39. The van der Waals surface area contributed by atoms with Gasteiger partial charge in [-0.2, -0.15) is 0 Å². The molecule has 0 saturated carbocycles. The van der Waals surface area contributed by atoms with Crippen molar-refractivity contribution in [3.05, 3.63) is 95.9 Å². The Morgan fingerprint density at radius 1 is 0.962 bits per heavy atom. The molecule has 12 heteroatoms. The summed E-state index contributed by atoms with van der Waals surface area (Å²) < 4.78 is 0. The number of nitrogens with zero attached hydrogens (tertiary/aromatic N) is 3. The molecule has 1 saturated heterocycles. The quantitative estimate of drug-likeness (QED) is 0.122. The van der Waals surface area contributed by atoms with Crippen LogP contribution in [0.4, 0.5) is 0 Å². The van der Waals surface area contributed by atoms with Crippen molar-refractivity contribution in [1.29, 1.82) is 0 Å². The second-order valence-electron chi connectivity index (χ2n) is 14.9. The van der Waals surface area contributed by atoms with E-state index >= 15 is 0 Å². The summed E-state index contributed by atoms with van der Waals surface area (Å²) >= 11 is 1.58. The van der Waals surface area contributed by atoms with Crippen molar-refractivity contribution in [2.45, 2.75) is 94.9 Å². The number of nitrogens with one attached hydrogen (secondary N) is 4. The van der Waals surface area contributed by atoms with E-state index < -0.39 is 41.5 Å². The van der Waals surface area contributed by atoms with E-state index in [0.29, 0.717) is 23.6 Å². The first kappa shape index (κ1) is 38.8. The molecule has 2 aromatic carbocycles. The molecule has 1 aliphatic heterocycles. The molecule has 3 amide bonds. The van der Waals surface area contributed by atoms with Crippen LogP contribution in [0.3, 0.4) is 0 Å². The molecule has 0 spiro atoms. The van der Waals surface area contributed by atoms with E-state index in [0.717, 1.165) is 23.1 Å². The van der Waals surface area contributed by atoms with Gasteiger partial charge in [0.1, 0.15) is 11.7 Å². The molecule has 276 valence electrons. The molecule has 6 atom stereocenters. The molecule has 0 radical (unpaired) electrons. The summed E-state index contributed by atoms with van der Waals surface area (Å²) in [5.41, 5.74) is 2.30. The summed E-state index contributed by atoms with van der Waals surface area (Å²) in [5, 5.41) is 25.9. The summed E-state index contributed by atoms with van der Waals surface area (Å²) in [5.74, 6) is -1.75. The number of piperidine rings is 1. The number of carbonyl (C=O) groups excluding carboxylic acids is 3. The number of rotatable bonds is 13. The molecule has 5 unspecified atom stereocenters. The van der Waals surface area contributed by atoms with E-state index in [-0.39, 0.29) is 35.2 Å². The van der Waals surface area contributed by atoms with Crippen LogP contribution < -0.4 is 21.3 Å².